The molecule has 2 aliphatic rings. The number of hydrogen-bond donors (Lipinski definition) is 1. The van der Waals surface area contributed by atoms with Gasteiger partial charge in [-0.05, 0) is 43.4 Å². The third-order valence-corrected chi connectivity index (χ3v) is 6.40. The Morgan fingerprint density at radius 3 is 2.79 bits per heavy atom. The minimum atomic E-state index is -0.820. The zero-order valence-electron chi connectivity index (χ0n) is 15.0. The fourth-order valence-corrected chi connectivity index (χ4v) is 5.09. The molecule has 0 saturated carbocycles. The number of methoxy groups -OCH3 is 1. The maximum atomic E-state index is 13.6. The summed E-state index contributed by atoms with van der Waals surface area (Å²) < 4.78 is 4.75. The van der Waals surface area contributed by atoms with Crippen molar-refractivity contribution in [2.75, 3.05) is 17.3 Å². The maximum absolute atomic E-state index is 13.6. The molecule has 8 heteroatoms. The number of para-hydroxylation sites is 1. The van der Waals surface area contributed by atoms with E-state index < -0.39 is 5.97 Å². The van der Waals surface area contributed by atoms with Crippen LogP contribution in [0, 0.1) is 11.3 Å². The first-order valence-corrected chi connectivity index (χ1v) is 9.99. The van der Waals surface area contributed by atoms with Crippen molar-refractivity contribution in [1.82, 2.24) is 0 Å². The molecule has 1 aliphatic carbocycles. The summed E-state index contributed by atoms with van der Waals surface area (Å²) in [4.78, 5) is 28.3. The maximum Gasteiger partial charge on any atom is 0.352 e. The predicted molar refractivity (Wildman–Crippen MR) is 108 cm³/mol. The predicted octanol–water partition coefficient (Wildman–Crippen LogP) is 4.26. The second kappa shape index (κ2) is 7.30. The molecule has 1 N–H and O–H groups in total. The smallest absolute Gasteiger partial charge is 0.352 e. The number of carbonyl (C=O) groups excluding carboxylic acids is 2. The van der Waals surface area contributed by atoms with E-state index in [1.807, 2.05) is 6.07 Å². The summed E-state index contributed by atoms with van der Waals surface area (Å²) >= 11 is 7.86. The fourth-order valence-electron chi connectivity index (χ4n) is 3.59. The number of carbonyl (C=O) groups is 2. The van der Waals surface area contributed by atoms with Crippen LogP contribution in [0.1, 0.15) is 33.6 Å². The summed E-state index contributed by atoms with van der Waals surface area (Å²) in [6, 6.07) is 8.70. The van der Waals surface area contributed by atoms with Gasteiger partial charge in [-0.2, -0.15) is 5.26 Å². The van der Waals surface area contributed by atoms with Gasteiger partial charge in [0.1, 0.15) is 16.9 Å². The number of halogens is 1. The van der Waals surface area contributed by atoms with E-state index in [2.05, 4.69) is 5.32 Å². The highest BCUT2D eigenvalue weighted by Crippen LogP contribution is 2.44. The van der Waals surface area contributed by atoms with Gasteiger partial charge in [-0.3, -0.25) is 9.69 Å². The van der Waals surface area contributed by atoms with E-state index >= 15 is 0 Å². The lowest BCUT2D eigenvalue weighted by atomic mass is 9.94. The Balaban J connectivity index is 1.97. The number of fused-ring (bicyclic) bond motifs is 3. The monoisotopic (exact) mass is 413 g/mol. The minimum absolute atomic E-state index is 0.0681. The number of nitriles is 1. The third kappa shape index (κ3) is 2.86. The quantitative estimate of drug-likeness (QED) is 0.452. The number of esters is 1. The van der Waals surface area contributed by atoms with E-state index in [-0.39, 0.29) is 17.3 Å². The molecular formula is C20H16ClN3O3S. The lowest BCUT2D eigenvalue weighted by Gasteiger charge is -2.32. The van der Waals surface area contributed by atoms with Crippen LogP contribution < -0.4 is 10.2 Å². The number of nitrogens with zero attached hydrogens (tertiary/aromatic N) is 2. The highest BCUT2D eigenvalue weighted by molar-refractivity contribution is 7.16. The average molecular weight is 414 g/mol. The van der Waals surface area contributed by atoms with Crippen molar-refractivity contribution < 1.29 is 14.3 Å². The summed E-state index contributed by atoms with van der Waals surface area (Å²) in [5.41, 5.74) is 1.77. The molecule has 0 radical (unpaired) electrons. The molecule has 142 valence electrons. The number of hydrogen-bond acceptors (Lipinski definition) is 6. The SMILES string of the molecule is COC(=O)/C(C#N)=C1\Nc2sc3c(c2C(=O)N1c1ccccc1Cl)CCCC3. The van der Waals surface area contributed by atoms with Crippen LogP contribution in [0.25, 0.3) is 0 Å². The number of rotatable bonds is 2. The van der Waals surface area contributed by atoms with E-state index in [1.165, 1.54) is 28.2 Å². The molecule has 2 heterocycles. The lowest BCUT2D eigenvalue weighted by molar-refractivity contribution is -0.135. The van der Waals surface area contributed by atoms with Gasteiger partial charge in [0.05, 0.1) is 23.4 Å². The number of ether oxygens (including phenoxy) is 1. The molecule has 0 unspecified atom stereocenters. The number of aryl methyl sites for hydroxylation is 1. The molecule has 0 atom stereocenters. The van der Waals surface area contributed by atoms with Gasteiger partial charge in [-0.1, -0.05) is 23.7 Å². The van der Waals surface area contributed by atoms with E-state index in [9.17, 15) is 14.9 Å². The van der Waals surface area contributed by atoms with Crippen LogP contribution in [0.5, 0.6) is 0 Å². The van der Waals surface area contributed by atoms with Gasteiger partial charge in [-0.15, -0.1) is 11.3 Å². The second-order valence-corrected chi connectivity index (χ2v) is 7.97. The minimum Gasteiger partial charge on any atom is -0.465 e. The van der Waals surface area contributed by atoms with Crippen LogP contribution >= 0.6 is 22.9 Å². The first-order chi connectivity index (χ1) is 13.6. The van der Waals surface area contributed by atoms with Crippen molar-refractivity contribution in [1.29, 1.82) is 5.26 Å². The lowest BCUT2D eigenvalue weighted by Crippen LogP contribution is -2.40. The summed E-state index contributed by atoms with van der Waals surface area (Å²) in [6.45, 7) is 0. The average Bonchev–Trinajstić information content (AvgIpc) is 3.08. The molecule has 1 aromatic heterocycles. The number of amides is 1. The summed E-state index contributed by atoms with van der Waals surface area (Å²) in [5, 5.41) is 13.7. The Labute approximate surface area is 171 Å². The number of thiophene rings is 1. The van der Waals surface area contributed by atoms with Crippen LogP contribution in [0.3, 0.4) is 0 Å². The molecular weight excluding hydrogens is 398 g/mol. The van der Waals surface area contributed by atoms with Gasteiger partial charge in [0, 0.05) is 4.88 Å². The molecule has 1 aliphatic heterocycles. The molecule has 1 amide bonds. The number of anilines is 2. The highest BCUT2D eigenvalue weighted by Gasteiger charge is 2.38. The second-order valence-electron chi connectivity index (χ2n) is 6.46. The van der Waals surface area contributed by atoms with Crippen LogP contribution in [-0.4, -0.2) is 19.0 Å². The van der Waals surface area contributed by atoms with Crippen LogP contribution in [0.2, 0.25) is 5.02 Å². The van der Waals surface area contributed by atoms with Gasteiger partial charge < -0.3 is 10.1 Å². The summed E-state index contributed by atoms with van der Waals surface area (Å²) in [7, 11) is 1.19. The van der Waals surface area contributed by atoms with Gasteiger partial charge in [-0.25, -0.2) is 4.79 Å². The zero-order valence-corrected chi connectivity index (χ0v) is 16.6. The number of benzene rings is 1. The first-order valence-electron chi connectivity index (χ1n) is 8.80. The van der Waals surface area contributed by atoms with E-state index in [0.29, 0.717) is 21.3 Å². The summed E-state index contributed by atoms with van der Waals surface area (Å²) in [5.74, 6) is -1.05. The Morgan fingerprint density at radius 2 is 2.07 bits per heavy atom. The Bertz CT molecular complexity index is 1070. The van der Waals surface area contributed by atoms with Crippen molar-refractivity contribution in [2.24, 2.45) is 0 Å². The van der Waals surface area contributed by atoms with E-state index in [0.717, 1.165) is 31.2 Å². The molecule has 6 nitrogen and oxygen atoms in total. The van der Waals surface area contributed by atoms with Gasteiger partial charge in [0.25, 0.3) is 5.91 Å². The fraction of sp³-hybridized carbons (Fsp3) is 0.250. The van der Waals surface area contributed by atoms with Gasteiger partial charge >= 0.3 is 5.97 Å². The van der Waals surface area contributed by atoms with Gasteiger partial charge in [0.2, 0.25) is 0 Å². The van der Waals surface area contributed by atoms with E-state index in [4.69, 9.17) is 16.3 Å². The largest absolute Gasteiger partial charge is 0.465 e. The van der Waals surface area contributed by atoms with E-state index in [1.54, 1.807) is 24.3 Å². The molecule has 0 bridgehead atoms. The Morgan fingerprint density at radius 1 is 1.32 bits per heavy atom. The Hall–Kier alpha value is -2.82. The standard InChI is InChI=1S/C20H16ClN3O3S/c1-27-20(26)12(10-22)17-23-18-16(11-6-2-5-9-15(11)28-18)19(25)24(17)14-8-4-3-7-13(14)21/h3-4,7-8,23H,2,5-6,9H2,1H3/b17-12+. The van der Waals surface area contributed by atoms with Crippen molar-refractivity contribution in [3.05, 3.63) is 56.7 Å². The van der Waals surface area contributed by atoms with Crippen molar-refractivity contribution in [3.8, 4) is 6.07 Å². The molecule has 2 aromatic rings. The van der Waals surface area contributed by atoms with Crippen molar-refractivity contribution in [2.45, 2.75) is 25.7 Å². The molecule has 0 saturated heterocycles. The van der Waals surface area contributed by atoms with Crippen molar-refractivity contribution >= 4 is 45.5 Å². The number of nitrogens with one attached hydrogen (secondary N) is 1. The molecule has 1 aromatic carbocycles. The van der Waals surface area contributed by atoms with Crippen LogP contribution in [-0.2, 0) is 22.4 Å². The van der Waals surface area contributed by atoms with Crippen LogP contribution in [0.4, 0.5) is 10.7 Å². The molecule has 28 heavy (non-hydrogen) atoms. The molecule has 0 fully saturated rings. The topological polar surface area (TPSA) is 82.4 Å². The molecule has 0 spiro atoms. The van der Waals surface area contributed by atoms with Crippen LogP contribution in [0.15, 0.2) is 35.7 Å². The highest BCUT2D eigenvalue weighted by atomic mass is 35.5. The third-order valence-electron chi connectivity index (χ3n) is 4.88. The first kappa shape index (κ1) is 18.5. The molecule has 4 rings (SSSR count). The Kier molecular flexibility index (Phi) is 4.84. The zero-order chi connectivity index (χ0) is 19.8. The normalized spacial score (nSPS) is 17.2. The van der Waals surface area contributed by atoms with Crippen molar-refractivity contribution in [3.63, 3.8) is 0 Å². The van der Waals surface area contributed by atoms with Gasteiger partial charge in [0.15, 0.2) is 5.57 Å². The summed E-state index contributed by atoms with van der Waals surface area (Å²) in [6.07, 6.45) is 3.88.